The minimum atomic E-state index is -0.682. The molecule has 0 aliphatic heterocycles. The van der Waals surface area contributed by atoms with Crippen molar-refractivity contribution in [1.29, 1.82) is 0 Å². The summed E-state index contributed by atoms with van der Waals surface area (Å²) in [5.74, 6) is -0.462. The molecule has 1 aromatic carbocycles. The van der Waals surface area contributed by atoms with E-state index >= 15 is 0 Å². The lowest BCUT2D eigenvalue weighted by Crippen LogP contribution is -2.40. The highest BCUT2D eigenvalue weighted by Gasteiger charge is 2.22. The molecule has 0 aliphatic rings. The Balaban J connectivity index is 2.58. The van der Waals surface area contributed by atoms with E-state index in [0.717, 1.165) is 11.8 Å². The van der Waals surface area contributed by atoms with Gasteiger partial charge in [-0.1, -0.05) is 36.4 Å². The maximum absolute atomic E-state index is 10.9. The number of carbonyl (C=O) groups is 1. The molecule has 17 heavy (non-hydrogen) atoms. The second-order valence-corrected chi connectivity index (χ2v) is 4.08. The van der Waals surface area contributed by atoms with Gasteiger partial charge < -0.3 is 15.2 Å². The molecule has 1 rings (SSSR count). The van der Waals surface area contributed by atoms with E-state index in [0.29, 0.717) is 6.54 Å². The Morgan fingerprint density at radius 1 is 1.41 bits per heavy atom. The minimum absolute atomic E-state index is 0.215. The van der Waals surface area contributed by atoms with Crippen LogP contribution in [0.25, 0.3) is 0 Å². The molecular formula is C14H19NO2. The van der Waals surface area contributed by atoms with Crippen molar-refractivity contribution in [1.82, 2.24) is 5.32 Å². The van der Waals surface area contributed by atoms with Crippen LogP contribution in [0, 0.1) is 5.92 Å². The number of nitrogens with one attached hydrogen (secondary N) is 1. The van der Waals surface area contributed by atoms with E-state index < -0.39 is 12.0 Å². The van der Waals surface area contributed by atoms with Crippen molar-refractivity contribution in [3.05, 3.63) is 48.6 Å². The third kappa shape index (κ3) is 4.13. The average molecular weight is 233 g/mol. The lowest BCUT2D eigenvalue weighted by atomic mass is 9.96. The van der Waals surface area contributed by atoms with Crippen molar-refractivity contribution >= 4 is 6.29 Å². The zero-order valence-electron chi connectivity index (χ0n) is 10.0. The fourth-order valence-corrected chi connectivity index (χ4v) is 1.71. The first-order chi connectivity index (χ1) is 8.19. The van der Waals surface area contributed by atoms with E-state index in [2.05, 4.69) is 11.9 Å². The average Bonchev–Trinajstić information content (AvgIpc) is 2.35. The number of benzene rings is 1. The van der Waals surface area contributed by atoms with Gasteiger partial charge in [-0.15, -0.1) is 6.58 Å². The topological polar surface area (TPSA) is 49.3 Å². The normalized spacial score (nSPS) is 15.9. The quantitative estimate of drug-likeness (QED) is 0.554. The zero-order valence-corrected chi connectivity index (χ0v) is 10.0. The molecule has 0 amide bonds. The molecule has 92 valence electrons. The molecule has 0 aromatic heterocycles. The van der Waals surface area contributed by atoms with Crippen LogP contribution in [0.2, 0.25) is 0 Å². The van der Waals surface area contributed by atoms with Gasteiger partial charge in [0.05, 0.1) is 12.0 Å². The van der Waals surface area contributed by atoms with E-state index in [1.54, 1.807) is 13.0 Å². The highest BCUT2D eigenvalue weighted by molar-refractivity contribution is 5.56. The van der Waals surface area contributed by atoms with Gasteiger partial charge in [0.2, 0.25) is 0 Å². The highest BCUT2D eigenvalue weighted by atomic mass is 16.3. The standard InChI is InChI=1S/C14H19NO2/c1-3-14(13(10-16)11(2)17)15-9-12-7-5-4-6-8-12/h3-8,10-11,13-15,17H,1,9H2,2H3/t11-,13+,14+/m1/s1. The molecule has 0 bridgehead atoms. The highest BCUT2D eigenvalue weighted by Crippen LogP contribution is 2.09. The first kappa shape index (κ1) is 13.6. The van der Waals surface area contributed by atoms with Gasteiger partial charge in [-0.2, -0.15) is 0 Å². The maximum Gasteiger partial charge on any atom is 0.127 e. The first-order valence-corrected chi connectivity index (χ1v) is 5.72. The zero-order chi connectivity index (χ0) is 12.7. The monoisotopic (exact) mass is 233 g/mol. The van der Waals surface area contributed by atoms with Crippen LogP contribution in [0.1, 0.15) is 12.5 Å². The molecule has 0 saturated heterocycles. The van der Waals surface area contributed by atoms with Crippen LogP contribution in [-0.4, -0.2) is 23.5 Å². The largest absolute Gasteiger partial charge is 0.393 e. The van der Waals surface area contributed by atoms with Gasteiger partial charge in [0.15, 0.2) is 0 Å². The summed E-state index contributed by atoms with van der Waals surface area (Å²) in [6.07, 6.45) is 1.75. The summed E-state index contributed by atoms with van der Waals surface area (Å²) in [6, 6.07) is 9.68. The van der Waals surface area contributed by atoms with Gasteiger partial charge in [-0.3, -0.25) is 0 Å². The SMILES string of the molecule is C=C[C@H](NCc1ccccc1)[C@@H](C=O)[C@@H](C)O. The third-order valence-corrected chi connectivity index (χ3v) is 2.77. The van der Waals surface area contributed by atoms with Gasteiger partial charge in [0.25, 0.3) is 0 Å². The molecule has 0 aliphatic carbocycles. The number of aldehydes is 1. The molecule has 2 N–H and O–H groups in total. The van der Waals surface area contributed by atoms with Gasteiger partial charge in [0, 0.05) is 12.6 Å². The summed E-state index contributed by atoms with van der Waals surface area (Å²) < 4.78 is 0. The summed E-state index contributed by atoms with van der Waals surface area (Å²) in [7, 11) is 0. The molecular weight excluding hydrogens is 214 g/mol. The van der Waals surface area contributed by atoms with Gasteiger partial charge in [-0.05, 0) is 12.5 Å². The lowest BCUT2D eigenvalue weighted by molar-refractivity contribution is -0.114. The van der Waals surface area contributed by atoms with Crippen LogP contribution in [0.5, 0.6) is 0 Å². The Morgan fingerprint density at radius 2 is 2.06 bits per heavy atom. The predicted molar refractivity (Wildman–Crippen MR) is 68.5 cm³/mol. The van der Waals surface area contributed by atoms with Crippen molar-refractivity contribution in [3.8, 4) is 0 Å². The summed E-state index contributed by atoms with van der Waals surface area (Å²) in [4.78, 5) is 10.9. The van der Waals surface area contributed by atoms with E-state index in [-0.39, 0.29) is 6.04 Å². The summed E-state index contributed by atoms with van der Waals surface area (Å²) in [5, 5.41) is 12.7. The Labute approximate surface area is 102 Å². The fourth-order valence-electron chi connectivity index (χ4n) is 1.71. The van der Waals surface area contributed by atoms with E-state index in [1.165, 1.54) is 0 Å². The summed E-state index contributed by atoms with van der Waals surface area (Å²) in [6.45, 7) is 5.95. The fraction of sp³-hybridized carbons (Fsp3) is 0.357. The van der Waals surface area contributed by atoms with Crippen LogP contribution < -0.4 is 5.32 Å². The summed E-state index contributed by atoms with van der Waals surface area (Å²) >= 11 is 0. The molecule has 0 unspecified atom stereocenters. The molecule has 1 aromatic rings. The first-order valence-electron chi connectivity index (χ1n) is 5.72. The van der Waals surface area contributed by atoms with Crippen LogP contribution in [0.15, 0.2) is 43.0 Å². The van der Waals surface area contributed by atoms with E-state index in [1.807, 2.05) is 30.3 Å². The number of rotatable bonds is 7. The van der Waals surface area contributed by atoms with Crippen LogP contribution >= 0.6 is 0 Å². The maximum atomic E-state index is 10.9. The van der Waals surface area contributed by atoms with Crippen LogP contribution in [0.4, 0.5) is 0 Å². The molecule has 0 saturated carbocycles. The van der Waals surface area contributed by atoms with Crippen molar-refractivity contribution in [2.45, 2.75) is 25.6 Å². The minimum Gasteiger partial charge on any atom is -0.393 e. The summed E-state index contributed by atoms with van der Waals surface area (Å²) in [5.41, 5.74) is 1.13. The smallest absolute Gasteiger partial charge is 0.127 e. The Kier molecular flexibility index (Phi) is 5.60. The van der Waals surface area contributed by atoms with E-state index in [4.69, 9.17) is 0 Å². The second-order valence-electron chi connectivity index (χ2n) is 4.08. The van der Waals surface area contributed by atoms with Gasteiger partial charge in [-0.25, -0.2) is 0 Å². The predicted octanol–water partition coefficient (Wildman–Crippen LogP) is 1.53. The molecule has 0 heterocycles. The number of aliphatic hydroxyl groups is 1. The molecule has 0 fully saturated rings. The number of hydrogen-bond acceptors (Lipinski definition) is 3. The number of carbonyl (C=O) groups excluding carboxylic acids is 1. The molecule has 3 atom stereocenters. The van der Waals surface area contributed by atoms with Crippen molar-refractivity contribution in [2.75, 3.05) is 0 Å². The third-order valence-electron chi connectivity index (χ3n) is 2.77. The van der Waals surface area contributed by atoms with E-state index in [9.17, 15) is 9.90 Å². The number of hydrogen-bond donors (Lipinski definition) is 2. The van der Waals surface area contributed by atoms with Crippen LogP contribution in [-0.2, 0) is 11.3 Å². The lowest BCUT2D eigenvalue weighted by Gasteiger charge is -2.23. The Hall–Kier alpha value is -1.45. The van der Waals surface area contributed by atoms with Crippen molar-refractivity contribution in [3.63, 3.8) is 0 Å². The molecule has 0 radical (unpaired) electrons. The van der Waals surface area contributed by atoms with Gasteiger partial charge >= 0.3 is 0 Å². The second kappa shape index (κ2) is 6.99. The Bertz CT molecular complexity index is 348. The number of aliphatic hydroxyl groups excluding tert-OH is 1. The molecule has 3 heteroatoms. The van der Waals surface area contributed by atoms with Crippen molar-refractivity contribution < 1.29 is 9.90 Å². The van der Waals surface area contributed by atoms with Gasteiger partial charge in [0.1, 0.15) is 6.29 Å². The molecule has 3 nitrogen and oxygen atoms in total. The van der Waals surface area contributed by atoms with Crippen LogP contribution in [0.3, 0.4) is 0 Å². The van der Waals surface area contributed by atoms with Crippen molar-refractivity contribution in [2.24, 2.45) is 5.92 Å². The molecule has 0 spiro atoms. The Morgan fingerprint density at radius 3 is 2.53 bits per heavy atom.